The van der Waals surface area contributed by atoms with Gasteiger partial charge >= 0.3 is 0 Å². The number of aromatic nitrogens is 2. The molecule has 5 heteroatoms. The number of oxazole rings is 1. The van der Waals surface area contributed by atoms with Crippen molar-refractivity contribution in [2.75, 3.05) is 25.2 Å². The van der Waals surface area contributed by atoms with Crippen molar-refractivity contribution in [1.29, 1.82) is 0 Å². The van der Waals surface area contributed by atoms with Crippen molar-refractivity contribution < 1.29 is 9.15 Å². The molecule has 0 fully saturated rings. The lowest BCUT2D eigenvalue weighted by molar-refractivity contribution is 0.203. The molecule has 108 valence electrons. The van der Waals surface area contributed by atoms with Gasteiger partial charge in [0.15, 0.2) is 5.58 Å². The van der Waals surface area contributed by atoms with Gasteiger partial charge in [0.05, 0.1) is 6.61 Å². The van der Waals surface area contributed by atoms with Gasteiger partial charge in [-0.15, -0.1) is 0 Å². The summed E-state index contributed by atoms with van der Waals surface area (Å²) < 4.78 is 11.0. The number of anilines is 1. The van der Waals surface area contributed by atoms with Crippen molar-refractivity contribution in [2.24, 2.45) is 0 Å². The van der Waals surface area contributed by atoms with E-state index in [4.69, 9.17) is 9.15 Å². The summed E-state index contributed by atoms with van der Waals surface area (Å²) in [4.78, 5) is 10.7. The quantitative estimate of drug-likeness (QED) is 0.696. The Kier molecular flexibility index (Phi) is 4.12. The normalized spacial score (nSPS) is 10.9. The number of methoxy groups -OCH3 is 1. The second-order valence-corrected chi connectivity index (χ2v) is 4.74. The first-order valence-corrected chi connectivity index (χ1v) is 6.85. The molecule has 3 rings (SSSR count). The molecule has 0 aliphatic carbocycles. The van der Waals surface area contributed by atoms with Gasteiger partial charge < -0.3 is 14.1 Å². The van der Waals surface area contributed by atoms with E-state index in [9.17, 15) is 0 Å². The Labute approximate surface area is 123 Å². The standard InChI is InChI=1S/C16H17N3O2/c1-20-10-9-19(12-13-5-4-8-17-11-13)16-18-14-6-2-3-7-15(14)21-16/h2-8,11H,9-10,12H2,1H3. The van der Waals surface area contributed by atoms with Gasteiger partial charge in [0.25, 0.3) is 6.01 Å². The van der Waals surface area contributed by atoms with E-state index >= 15 is 0 Å². The average molecular weight is 283 g/mol. The molecule has 0 amide bonds. The van der Waals surface area contributed by atoms with Crippen LogP contribution >= 0.6 is 0 Å². The molecule has 1 aromatic carbocycles. The molecule has 0 N–H and O–H groups in total. The number of hydrogen-bond acceptors (Lipinski definition) is 5. The van der Waals surface area contributed by atoms with Gasteiger partial charge in [-0.3, -0.25) is 4.98 Å². The first-order valence-electron chi connectivity index (χ1n) is 6.85. The van der Waals surface area contributed by atoms with Gasteiger partial charge in [0.1, 0.15) is 5.52 Å². The molecule has 0 bridgehead atoms. The van der Waals surface area contributed by atoms with Crippen LogP contribution in [0.4, 0.5) is 6.01 Å². The maximum absolute atomic E-state index is 5.84. The molecule has 0 saturated carbocycles. The van der Waals surface area contributed by atoms with E-state index in [1.807, 2.05) is 42.6 Å². The lowest BCUT2D eigenvalue weighted by atomic mass is 10.3. The van der Waals surface area contributed by atoms with E-state index in [1.165, 1.54) is 0 Å². The van der Waals surface area contributed by atoms with Crippen molar-refractivity contribution in [1.82, 2.24) is 9.97 Å². The fraction of sp³-hybridized carbons (Fsp3) is 0.250. The van der Waals surface area contributed by atoms with Crippen LogP contribution in [0.2, 0.25) is 0 Å². The summed E-state index contributed by atoms with van der Waals surface area (Å²) in [6, 6.07) is 12.3. The monoisotopic (exact) mass is 283 g/mol. The van der Waals surface area contributed by atoms with Gasteiger partial charge in [-0.05, 0) is 23.8 Å². The van der Waals surface area contributed by atoms with Crippen LogP contribution in [-0.4, -0.2) is 30.2 Å². The summed E-state index contributed by atoms with van der Waals surface area (Å²) >= 11 is 0. The minimum atomic E-state index is 0.608. The van der Waals surface area contributed by atoms with Gasteiger partial charge in [-0.2, -0.15) is 4.98 Å². The van der Waals surface area contributed by atoms with Crippen molar-refractivity contribution in [2.45, 2.75) is 6.54 Å². The second-order valence-electron chi connectivity index (χ2n) is 4.74. The van der Waals surface area contributed by atoms with Crippen molar-refractivity contribution >= 4 is 17.1 Å². The Morgan fingerprint density at radius 1 is 1.19 bits per heavy atom. The molecule has 0 spiro atoms. The molecule has 0 aliphatic rings. The SMILES string of the molecule is COCCN(Cc1cccnc1)c1nc2ccccc2o1. The average Bonchev–Trinajstić information content (AvgIpc) is 2.96. The fourth-order valence-electron chi connectivity index (χ4n) is 2.15. The predicted molar refractivity (Wildman–Crippen MR) is 81.2 cm³/mol. The minimum absolute atomic E-state index is 0.608. The highest BCUT2D eigenvalue weighted by Gasteiger charge is 2.14. The van der Waals surface area contributed by atoms with Crippen LogP contribution in [-0.2, 0) is 11.3 Å². The summed E-state index contributed by atoms with van der Waals surface area (Å²) in [6.45, 7) is 2.00. The van der Waals surface area contributed by atoms with E-state index < -0.39 is 0 Å². The zero-order chi connectivity index (χ0) is 14.5. The van der Waals surface area contributed by atoms with Gasteiger partial charge in [-0.1, -0.05) is 18.2 Å². The molecular formula is C16H17N3O2. The number of rotatable bonds is 6. The molecule has 0 radical (unpaired) electrons. The smallest absolute Gasteiger partial charge is 0.298 e. The highest BCUT2D eigenvalue weighted by atomic mass is 16.5. The summed E-state index contributed by atoms with van der Waals surface area (Å²) in [6.07, 6.45) is 3.62. The number of hydrogen-bond donors (Lipinski definition) is 0. The third kappa shape index (κ3) is 3.20. The van der Waals surface area contributed by atoms with Gasteiger partial charge in [0.2, 0.25) is 0 Å². The molecule has 2 aromatic heterocycles. The summed E-state index contributed by atoms with van der Waals surface area (Å²) in [5.74, 6) is 0. The van der Waals surface area contributed by atoms with Gasteiger partial charge in [-0.25, -0.2) is 0 Å². The number of nitrogens with zero attached hydrogens (tertiary/aromatic N) is 3. The topological polar surface area (TPSA) is 51.4 Å². The molecular weight excluding hydrogens is 266 g/mol. The van der Waals surface area contributed by atoms with Crippen LogP contribution in [0.5, 0.6) is 0 Å². The molecule has 21 heavy (non-hydrogen) atoms. The van der Waals surface area contributed by atoms with E-state index in [2.05, 4.69) is 14.9 Å². The lowest BCUT2D eigenvalue weighted by Crippen LogP contribution is -2.27. The van der Waals surface area contributed by atoms with Gasteiger partial charge in [0, 0.05) is 32.6 Å². The Bertz CT molecular complexity index is 664. The van der Waals surface area contributed by atoms with Crippen LogP contribution in [0.15, 0.2) is 53.2 Å². The number of ether oxygens (including phenoxy) is 1. The fourth-order valence-corrected chi connectivity index (χ4v) is 2.15. The largest absolute Gasteiger partial charge is 0.423 e. The maximum atomic E-state index is 5.84. The summed E-state index contributed by atoms with van der Waals surface area (Å²) in [5.41, 5.74) is 2.76. The lowest BCUT2D eigenvalue weighted by Gasteiger charge is -2.19. The number of pyridine rings is 1. The van der Waals surface area contributed by atoms with E-state index in [-0.39, 0.29) is 0 Å². The Morgan fingerprint density at radius 3 is 2.86 bits per heavy atom. The number of fused-ring (bicyclic) bond motifs is 1. The van der Waals surface area contributed by atoms with E-state index in [0.717, 1.165) is 16.7 Å². The molecule has 0 aliphatic heterocycles. The Hall–Kier alpha value is -2.40. The Morgan fingerprint density at radius 2 is 2.10 bits per heavy atom. The highest BCUT2D eigenvalue weighted by molar-refractivity contribution is 5.74. The van der Waals surface area contributed by atoms with Crippen LogP contribution < -0.4 is 4.90 Å². The molecule has 2 heterocycles. The van der Waals surface area contributed by atoms with E-state index in [0.29, 0.717) is 25.7 Å². The van der Waals surface area contributed by atoms with Crippen LogP contribution in [0.1, 0.15) is 5.56 Å². The minimum Gasteiger partial charge on any atom is -0.423 e. The maximum Gasteiger partial charge on any atom is 0.298 e. The number of benzene rings is 1. The molecule has 0 atom stereocenters. The number of para-hydroxylation sites is 2. The zero-order valence-electron chi connectivity index (χ0n) is 11.9. The molecule has 5 nitrogen and oxygen atoms in total. The first-order chi connectivity index (χ1) is 10.4. The molecule has 3 aromatic rings. The van der Waals surface area contributed by atoms with Crippen LogP contribution in [0.25, 0.3) is 11.1 Å². The van der Waals surface area contributed by atoms with Crippen molar-refractivity contribution in [3.63, 3.8) is 0 Å². The second kappa shape index (κ2) is 6.37. The van der Waals surface area contributed by atoms with E-state index in [1.54, 1.807) is 13.3 Å². The van der Waals surface area contributed by atoms with Crippen molar-refractivity contribution in [3.05, 3.63) is 54.4 Å². The molecule has 0 saturated heterocycles. The highest BCUT2D eigenvalue weighted by Crippen LogP contribution is 2.22. The first kappa shape index (κ1) is 13.6. The third-order valence-corrected chi connectivity index (χ3v) is 3.21. The van der Waals surface area contributed by atoms with Crippen molar-refractivity contribution in [3.8, 4) is 0 Å². The predicted octanol–water partition coefficient (Wildman–Crippen LogP) is 2.88. The zero-order valence-corrected chi connectivity index (χ0v) is 11.9. The summed E-state index contributed by atoms with van der Waals surface area (Å²) in [7, 11) is 1.69. The summed E-state index contributed by atoms with van der Waals surface area (Å²) in [5, 5.41) is 0. The molecule has 0 unspecified atom stereocenters. The third-order valence-electron chi connectivity index (χ3n) is 3.21. The van der Waals surface area contributed by atoms with Crippen LogP contribution in [0, 0.1) is 0 Å². The Balaban J connectivity index is 1.87. The van der Waals surface area contributed by atoms with Crippen LogP contribution in [0.3, 0.4) is 0 Å².